The topological polar surface area (TPSA) is 70.7 Å². The highest BCUT2D eigenvalue weighted by molar-refractivity contribution is 7.17. The van der Waals surface area contributed by atoms with Crippen LogP contribution >= 0.6 is 11.3 Å². The van der Waals surface area contributed by atoms with Gasteiger partial charge in [0.25, 0.3) is 5.56 Å². The summed E-state index contributed by atoms with van der Waals surface area (Å²) in [5.74, 6) is 2.44. The quantitative estimate of drug-likeness (QED) is 0.435. The highest BCUT2D eigenvalue weighted by Crippen LogP contribution is 2.30. The molecule has 5 rings (SSSR count). The number of benzene rings is 2. The van der Waals surface area contributed by atoms with Crippen molar-refractivity contribution in [3.63, 3.8) is 0 Å². The van der Waals surface area contributed by atoms with E-state index >= 15 is 0 Å². The summed E-state index contributed by atoms with van der Waals surface area (Å²) in [7, 11) is 3.38. The molecule has 1 aliphatic rings. The van der Waals surface area contributed by atoms with Gasteiger partial charge in [0.05, 0.1) is 26.2 Å². The molecule has 1 saturated heterocycles. The van der Waals surface area contributed by atoms with Gasteiger partial charge < -0.3 is 14.5 Å². The zero-order chi connectivity index (χ0) is 23.5. The van der Waals surface area contributed by atoms with Crippen molar-refractivity contribution in [1.82, 2.24) is 19.8 Å². The Morgan fingerprint density at radius 2 is 1.71 bits per heavy atom. The number of ether oxygens (including phenoxy) is 2. The van der Waals surface area contributed by atoms with Crippen LogP contribution in [0, 0.1) is 0 Å². The first-order valence-electron chi connectivity index (χ1n) is 11.4. The number of hydrogen-bond donors (Lipinski definition) is 1. The van der Waals surface area contributed by atoms with Crippen molar-refractivity contribution in [2.45, 2.75) is 13.1 Å². The molecule has 7 nitrogen and oxygen atoms in total. The van der Waals surface area contributed by atoms with E-state index in [1.165, 1.54) is 11.3 Å². The average molecular weight is 477 g/mol. The van der Waals surface area contributed by atoms with Crippen molar-refractivity contribution in [2.75, 3.05) is 40.4 Å². The molecule has 1 fully saturated rings. The van der Waals surface area contributed by atoms with Gasteiger partial charge in [-0.2, -0.15) is 0 Å². The Kier molecular flexibility index (Phi) is 6.62. The van der Waals surface area contributed by atoms with Crippen molar-refractivity contribution in [2.24, 2.45) is 0 Å². The lowest BCUT2D eigenvalue weighted by Gasteiger charge is -2.34. The number of aromatic nitrogens is 2. The number of piperazine rings is 1. The van der Waals surface area contributed by atoms with Gasteiger partial charge in [0.1, 0.15) is 22.2 Å². The van der Waals surface area contributed by atoms with Gasteiger partial charge in [-0.15, -0.1) is 11.3 Å². The van der Waals surface area contributed by atoms with Crippen molar-refractivity contribution in [1.29, 1.82) is 0 Å². The van der Waals surface area contributed by atoms with E-state index in [4.69, 9.17) is 14.5 Å². The predicted molar refractivity (Wildman–Crippen MR) is 136 cm³/mol. The second-order valence-electron chi connectivity index (χ2n) is 8.44. The first kappa shape index (κ1) is 22.6. The fourth-order valence-electron chi connectivity index (χ4n) is 4.46. The molecule has 0 atom stereocenters. The molecule has 2 aromatic heterocycles. The minimum Gasteiger partial charge on any atom is -0.497 e. The Hall–Kier alpha value is -3.20. The van der Waals surface area contributed by atoms with Crippen LogP contribution in [0.15, 0.2) is 58.7 Å². The summed E-state index contributed by atoms with van der Waals surface area (Å²) in [5, 5.41) is 2.70. The third kappa shape index (κ3) is 4.70. The molecule has 1 N–H and O–H groups in total. The number of methoxy groups -OCH3 is 2. The summed E-state index contributed by atoms with van der Waals surface area (Å²) in [5.41, 5.74) is 3.04. The standard InChI is InChI=1S/C26H28N4O3S/c1-32-20-8-9-22(33-2)19(14-20)15-29-10-12-30(13-11-29)16-23-27-25(31)24-21(17-34-26(24)28-23)18-6-4-3-5-7-18/h3-9,14,17H,10-13,15-16H2,1-2H3,(H,27,28,31). The number of rotatable bonds is 7. The van der Waals surface area contributed by atoms with Gasteiger partial charge in [0.15, 0.2) is 0 Å². The normalized spacial score (nSPS) is 15.0. The van der Waals surface area contributed by atoms with Crippen LogP contribution in [0.2, 0.25) is 0 Å². The molecule has 2 aromatic carbocycles. The molecular weight excluding hydrogens is 448 g/mol. The molecule has 1 aliphatic heterocycles. The number of thiophene rings is 1. The second kappa shape index (κ2) is 9.97. The minimum absolute atomic E-state index is 0.0659. The lowest BCUT2D eigenvalue weighted by Crippen LogP contribution is -2.45. The van der Waals surface area contributed by atoms with Crippen LogP contribution in [0.5, 0.6) is 11.5 Å². The van der Waals surface area contributed by atoms with Crippen molar-refractivity contribution >= 4 is 21.6 Å². The predicted octanol–water partition coefficient (Wildman–Crippen LogP) is 3.99. The number of hydrogen-bond acceptors (Lipinski definition) is 7. The first-order chi connectivity index (χ1) is 16.6. The van der Waals surface area contributed by atoms with Crippen LogP contribution in [0.4, 0.5) is 0 Å². The summed E-state index contributed by atoms with van der Waals surface area (Å²) in [6.45, 7) is 5.14. The van der Waals surface area contributed by atoms with Crippen LogP contribution in [0.1, 0.15) is 11.4 Å². The van der Waals surface area contributed by atoms with Crippen LogP contribution in [-0.4, -0.2) is 60.2 Å². The lowest BCUT2D eigenvalue weighted by molar-refractivity contribution is 0.119. The summed E-state index contributed by atoms with van der Waals surface area (Å²) in [6, 6.07) is 15.9. The van der Waals surface area contributed by atoms with Crippen LogP contribution < -0.4 is 15.0 Å². The highest BCUT2D eigenvalue weighted by Gasteiger charge is 2.20. The molecule has 0 saturated carbocycles. The molecule has 3 heterocycles. The van der Waals surface area contributed by atoms with Crippen molar-refractivity contribution < 1.29 is 9.47 Å². The summed E-state index contributed by atoms with van der Waals surface area (Å²) in [4.78, 5) is 26.3. The fraction of sp³-hybridized carbons (Fsp3) is 0.308. The zero-order valence-corrected chi connectivity index (χ0v) is 20.2. The van der Waals surface area contributed by atoms with E-state index in [0.717, 1.165) is 71.6 Å². The Labute approximate surface area is 202 Å². The number of fused-ring (bicyclic) bond motifs is 1. The van der Waals surface area contributed by atoms with Gasteiger partial charge in [-0.05, 0) is 23.8 Å². The van der Waals surface area contributed by atoms with Crippen LogP contribution in [0.25, 0.3) is 21.3 Å². The van der Waals surface area contributed by atoms with Gasteiger partial charge in [0, 0.05) is 49.2 Å². The second-order valence-corrected chi connectivity index (χ2v) is 9.30. The van der Waals surface area contributed by atoms with E-state index in [-0.39, 0.29) is 5.56 Å². The number of nitrogens with zero attached hydrogens (tertiary/aromatic N) is 3. The minimum atomic E-state index is -0.0659. The number of H-pyrrole nitrogens is 1. The van der Waals surface area contributed by atoms with Gasteiger partial charge >= 0.3 is 0 Å². The Morgan fingerprint density at radius 1 is 0.971 bits per heavy atom. The maximum atomic E-state index is 12.9. The molecule has 176 valence electrons. The maximum absolute atomic E-state index is 12.9. The van der Waals surface area contributed by atoms with E-state index in [2.05, 4.69) is 14.8 Å². The van der Waals surface area contributed by atoms with Gasteiger partial charge in [-0.1, -0.05) is 30.3 Å². The summed E-state index contributed by atoms with van der Waals surface area (Å²) in [6.07, 6.45) is 0. The average Bonchev–Trinajstić information content (AvgIpc) is 3.30. The van der Waals surface area contributed by atoms with E-state index in [1.54, 1.807) is 14.2 Å². The molecule has 0 bridgehead atoms. The van der Waals surface area contributed by atoms with E-state index < -0.39 is 0 Å². The smallest absolute Gasteiger partial charge is 0.260 e. The van der Waals surface area contributed by atoms with Gasteiger partial charge in [-0.3, -0.25) is 14.6 Å². The fourth-order valence-corrected chi connectivity index (χ4v) is 5.43. The molecule has 0 amide bonds. The molecule has 0 radical (unpaired) electrons. The van der Waals surface area contributed by atoms with E-state index in [0.29, 0.717) is 11.9 Å². The van der Waals surface area contributed by atoms with Crippen LogP contribution in [0.3, 0.4) is 0 Å². The van der Waals surface area contributed by atoms with Crippen molar-refractivity contribution in [3.05, 3.63) is 75.7 Å². The molecule has 0 unspecified atom stereocenters. The Bertz CT molecular complexity index is 1330. The lowest BCUT2D eigenvalue weighted by atomic mass is 10.1. The summed E-state index contributed by atoms with van der Waals surface area (Å²) < 4.78 is 10.9. The Balaban J connectivity index is 1.25. The summed E-state index contributed by atoms with van der Waals surface area (Å²) >= 11 is 1.53. The zero-order valence-electron chi connectivity index (χ0n) is 19.4. The SMILES string of the molecule is COc1ccc(OC)c(CN2CCN(Cc3nc4scc(-c5ccccc5)c4c(=O)[nH]3)CC2)c1. The van der Waals surface area contributed by atoms with E-state index in [1.807, 2.05) is 53.9 Å². The maximum Gasteiger partial charge on any atom is 0.260 e. The number of aromatic amines is 1. The largest absolute Gasteiger partial charge is 0.497 e. The van der Waals surface area contributed by atoms with Crippen molar-refractivity contribution in [3.8, 4) is 22.6 Å². The van der Waals surface area contributed by atoms with Crippen LogP contribution in [-0.2, 0) is 13.1 Å². The molecule has 0 spiro atoms. The number of nitrogens with one attached hydrogen (secondary N) is 1. The first-order valence-corrected chi connectivity index (χ1v) is 12.2. The molecule has 8 heteroatoms. The van der Waals surface area contributed by atoms with E-state index in [9.17, 15) is 4.79 Å². The monoisotopic (exact) mass is 476 g/mol. The highest BCUT2D eigenvalue weighted by atomic mass is 32.1. The molecular formula is C26H28N4O3S. The molecule has 0 aliphatic carbocycles. The van der Waals surface area contributed by atoms with Gasteiger partial charge in [0.2, 0.25) is 0 Å². The molecule has 34 heavy (non-hydrogen) atoms. The Morgan fingerprint density at radius 3 is 2.41 bits per heavy atom. The third-order valence-corrected chi connectivity index (χ3v) is 7.17. The third-order valence-electron chi connectivity index (χ3n) is 6.30. The van der Waals surface area contributed by atoms with Gasteiger partial charge in [-0.25, -0.2) is 4.98 Å². The molecule has 4 aromatic rings.